The number of aliphatic hydroxyl groups is 1. The third-order valence-electron chi connectivity index (χ3n) is 2.49. The first kappa shape index (κ1) is 6.58. The first-order chi connectivity index (χ1) is 4.85. The Morgan fingerprint density at radius 3 is 2.70 bits per heavy atom. The van der Waals surface area contributed by atoms with Crippen molar-refractivity contribution in [3.63, 3.8) is 0 Å². The quantitative estimate of drug-likeness (QED) is 0.513. The minimum Gasteiger partial charge on any atom is -0.394 e. The van der Waals surface area contributed by atoms with Crippen molar-refractivity contribution in [2.45, 2.75) is 12.5 Å². The molecule has 0 radical (unpaired) electrons. The van der Waals surface area contributed by atoms with Crippen molar-refractivity contribution in [3.05, 3.63) is 0 Å². The number of hydrogen-bond acceptors (Lipinski definition) is 3. The van der Waals surface area contributed by atoms with Crippen LogP contribution in [0.1, 0.15) is 6.42 Å². The summed E-state index contributed by atoms with van der Waals surface area (Å²) in [5, 5.41) is 12.0. The second-order valence-corrected chi connectivity index (χ2v) is 3.42. The largest absolute Gasteiger partial charge is 0.394 e. The zero-order chi connectivity index (χ0) is 7.03. The Kier molecular flexibility index (Phi) is 1.44. The third-order valence-corrected chi connectivity index (χ3v) is 2.49. The molecule has 3 nitrogen and oxygen atoms in total. The van der Waals surface area contributed by atoms with Crippen LogP contribution in [0.5, 0.6) is 0 Å². The van der Waals surface area contributed by atoms with Crippen molar-refractivity contribution in [1.82, 2.24) is 5.32 Å². The molecule has 1 spiro atoms. The molecule has 2 saturated heterocycles. The standard InChI is InChI=1S/C7H13NO2/c9-2-6-1-7(5-10-6)3-8-4-7/h6,8-9H,1-5H2/t6-/m0/s1. The molecule has 2 aliphatic rings. The second kappa shape index (κ2) is 2.19. The van der Waals surface area contributed by atoms with Gasteiger partial charge in [-0.1, -0.05) is 0 Å². The van der Waals surface area contributed by atoms with Gasteiger partial charge in [-0.15, -0.1) is 0 Å². The van der Waals surface area contributed by atoms with Crippen molar-refractivity contribution in [2.75, 3.05) is 26.3 Å². The lowest BCUT2D eigenvalue weighted by atomic mass is 9.80. The highest BCUT2D eigenvalue weighted by molar-refractivity contribution is 4.97. The lowest BCUT2D eigenvalue weighted by molar-refractivity contribution is 0.0474. The maximum absolute atomic E-state index is 8.77. The Hall–Kier alpha value is -0.120. The van der Waals surface area contributed by atoms with Crippen LogP contribution < -0.4 is 5.32 Å². The van der Waals surface area contributed by atoms with Gasteiger partial charge in [0.15, 0.2) is 0 Å². The number of rotatable bonds is 1. The van der Waals surface area contributed by atoms with Crippen molar-refractivity contribution in [2.24, 2.45) is 5.41 Å². The van der Waals surface area contributed by atoms with Crippen LogP contribution in [0.25, 0.3) is 0 Å². The molecule has 0 aromatic heterocycles. The minimum absolute atomic E-state index is 0.113. The van der Waals surface area contributed by atoms with Gasteiger partial charge in [-0.2, -0.15) is 0 Å². The van der Waals surface area contributed by atoms with Crippen LogP contribution in [0.15, 0.2) is 0 Å². The second-order valence-electron chi connectivity index (χ2n) is 3.42. The van der Waals surface area contributed by atoms with E-state index in [1.807, 2.05) is 0 Å². The van der Waals surface area contributed by atoms with Crippen molar-refractivity contribution >= 4 is 0 Å². The normalized spacial score (nSPS) is 36.3. The lowest BCUT2D eigenvalue weighted by Gasteiger charge is -2.37. The van der Waals surface area contributed by atoms with Gasteiger partial charge in [0.1, 0.15) is 0 Å². The molecule has 2 aliphatic heterocycles. The summed E-state index contributed by atoms with van der Waals surface area (Å²) in [7, 11) is 0. The average molecular weight is 143 g/mol. The monoisotopic (exact) mass is 143 g/mol. The Bertz CT molecular complexity index is 134. The Labute approximate surface area is 60.4 Å². The van der Waals surface area contributed by atoms with E-state index in [4.69, 9.17) is 9.84 Å². The predicted octanol–water partition coefficient (Wildman–Crippen LogP) is -0.643. The lowest BCUT2D eigenvalue weighted by Crippen LogP contribution is -2.53. The SMILES string of the molecule is OC[C@@H]1CC2(CNC2)CO1. The molecule has 2 rings (SSSR count). The first-order valence-corrected chi connectivity index (χ1v) is 3.78. The molecule has 2 fully saturated rings. The highest BCUT2D eigenvalue weighted by Crippen LogP contribution is 2.35. The molecule has 0 saturated carbocycles. The fourth-order valence-corrected chi connectivity index (χ4v) is 1.74. The molecule has 0 amide bonds. The molecular weight excluding hydrogens is 130 g/mol. The van der Waals surface area contributed by atoms with Gasteiger partial charge in [0.05, 0.1) is 19.3 Å². The topological polar surface area (TPSA) is 41.5 Å². The minimum atomic E-state index is 0.113. The first-order valence-electron chi connectivity index (χ1n) is 3.78. The molecule has 0 aromatic rings. The van der Waals surface area contributed by atoms with E-state index in [9.17, 15) is 0 Å². The zero-order valence-corrected chi connectivity index (χ0v) is 5.97. The van der Waals surface area contributed by atoms with Gasteiger partial charge in [0, 0.05) is 18.5 Å². The summed E-state index contributed by atoms with van der Waals surface area (Å²) in [6.45, 7) is 3.17. The molecule has 0 bridgehead atoms. The fraction of sp³-hybridized carbons (Fsp3) is 1.00. The van der Waals surface area contributed by atoms with Crippen molar-refractivity contribution in [3.8, 4) is 0 Å². The number of nitrogens with one attached hydrogen (secondary N) is 1. The molecule has 1 atom stereocenters. The summed E-state index contributed by atoms with van der Waals surface area (Å²) in [5.74, 6) is 0. The summed E-state index contributed by atoms with van der Waals surface area (Å²) in [6, 6.07) is 0. The van der Waals surface area contributed by atoms with E-state index < -0.39 is 0 Å². The van der Waals surface area contributed by atoms with E-state index in [0.717, 1.165) is 26.1 Å². The Balaban J connectivity index is 1.92. The molecular formula is C7H13NO2. The summed E-state index contributed by atoms with van der Waals surface area (Å²) >= 11 is 0. The van der Waals surface area contributed by atoms with Crippen LogP contribution in [-0.4, -0.2) is 37.5 Å². The van der Waals surface area contributed by atoms with Gasteiger partial charge in [-0.25, -0.2) is 0 Å². The van der Waals surface area contributed by atoms with Crippen LogP contribution in [0.4, 0.5) is 0 Å². The number of hydrogen-bond donors (Lipinski definition) is 2. The summed E-state index contributed by atoms with van der Waals surface area (Å²) < 4.78 is 5.37. The smallest absolute Gasteiger partial charge is 0.0813 e. The Morgan fingerprint density at radius 1 is 1.60 bits per heavy atom. The molecule has 0 aromatic carbocycles. The van der Waals surface area contributed by atoms with Crippen LogP contribution >= 0.6 is 0 Å². The predicted molar refractivity (Wildman–Crippen MR) is 36.7 cm³/mol. The van der Waals surface area contributed by atoms with Gasteiger partial charge < -0.3 is 15.2 Å². The molecule has 2 heterocycles. The zero-order valence-electron chi connectivity index (χ0n) is 5.97. The van der Waals surface area contributed by atoms with Crippen LogP contribution in [0.3, 0.4) is 0 Å². The molecule has 0 unspecified atom stereocenters. The Morgan fingerprint density at radius 2 is 2.40 bits per heavy atom. The molecule has 58 valence electrons. The fourth-order valence-electron chi connectivity index (χ4n) is 1.74. The van der Waals surface area contributed by atoms with E-state index in [0.29, 0.717) is 5.41 Å². The summed E-state index contributed by atoms with van der Waals surface area (Å²) in [5.41, 5.74) is 0.396. The van der Waals surface area contributed by atoms with E-state index in [-0.39, 0.29) is 12.7 Å². The van der Waals surface area contributed by atoms with E-state index in [2.05, 4.69) is 5.32 Å². The summed E-state index contributed by atoms with van der Waals surface area (Å²) in [4.78, 5) is 0. The molecule has 3 heteroatoms. The molecule has 0 aliphatic carbocycles. The van der Waals surface area contributed by atoms with Gasteiger partial charge in [0.2, 0.25) is 0 Å². The van der Waals surface area contributed by atoms with Gasteiger partial charge in [0.25, 0.3) is 0 Å². The van der Waals surface area contributed by atoms with E-state index in [1.54, 1.807) is 0 Å². The van der Waals surface area contributed by atoms with Gasteiger partial charge >= 0.3 is 0 Å². The highest BCUT2D eigenvalue weighted by atomic mass is 16.5. The third kappa shape index (κ3) is 0.856. The average Bonchev–Trinajstić information content (AvgIpc) is 2.29. The maximum Gasteiger partial charge on any atom is 0.0813 e. The van der Waals surface area contributed by atoms with Gasteiger partial charge in [-0.05, 0) is 6.42 Å². The maximum atomic E-state index is 8.77. The number of aliphatic hydroxyl groups excluding tert-OH is 1. The van der Waals surface area contributed by atoms with E-state index in [1.165, 1.54) is 0 Å². The highest BCUT2D eigenvalue weighted by Gasteiger charge is 2.44. The van der Waals surface area contributed by atoms with Crippen LogP contribution in [0, 0.1) is 5.41 Å². The van der Waals surface area contributed by atoms with E-state index >= 15 is 0 Å². The summed E-state index contributed by atoms with van der Waals surface area (Å²) in [6.07, 6.45) is 1.15. The van der Waals surface area contributed by atoms with Crippen LogP contribution in [0.2, 0.25) is 0 Å². The van der Waals surface area contributed by atoms with Crippen molar-refractivity contribution in [1.29, 1.82) is 0 Å². The molecule has 10 heavy (non-hydrogen) atoms. The van der Waals surface area contributed by atoms with Crippen LogP contribution in [-0.2, 0) is 4.74 Å². The number of ether oxygens (including phenoxy) is 1. The molecule has 2 N–H and O–H groups in total. The van der Waals surface area contributed by atoms with Crippen molar-refractivity contribution < 1.29 is 9.84 Å². The van der Waals surface area contributed by atoms with Gasteiger partial charge in [-0.3, -0.25) is 0 Å².